The van der Waals surface area contributed by atoms with E-state index in [1.54, 1.807) is 0 Å². The quantitative estimate of drug-likeness (QED) is 0.452. The zero-order valence-electron chi connectivity index (χ0n) is 6.58. The van der Waals surface area contributed by atoms with Crippen LogP contribution in [0.2, 0.25) is 0 Å². The Bertz CT molecular complexity index is 171. The van der Waals surface area contributed by atoms with Crippen molar-refractivity contribution in [1.82, 2.24) is 4.90 Å². The van der Waals surface area contributed by atoms with E-state index in [1.807, 2.05) is 4.90 Å². The van der Waals surface area contributed by atoms with Crippen LogP contribution in [0.3, 0.4) is 0 Å². The van der Waals surface area contributed by atoms with Gasteiger partial charge >= 0.3 is 0 Å². The molecular formula is C8H13N3. The summed E-state index contributed by atoms with van der Waals surface area (Å²) in [6.07, 6.45) is 4.35. The van der Waals surface area contributed by atoms with Gasteiger partial charge in [0.25, 0.3) is 0 Å². The molecule has 0 saturated carbocycles. The van der Waals surface area contributed by atoms with E-state index in [2.05, 4.69) is 6.07 Å². The van der Waals surface area contributed by atoms with Crippen molar-refractivity contribution in [2.45, 2.75) is 19.3 Å². The standard InChI is InChI=1S/C8H13N3/c9-6-8-2-1-4-11(7-10)5-3-8/h7-8,10H,1-5H2. The van der Waals surface area contributed by atoms with Gasteiger partial charge in [0.15, 0.2) is 0 Å². The van der Waals surface area contributed by atoms with Gasteiger partial charge in [-0.3, -0.25) is 5.41 Å². The second-order valence-corrected chi connectivity index (χ2v) is 2.92. The molecule has 11 heavy (non-hydrogen) atoms. The third-order valence-electron chi connectivity index (χ3n) is 2.13. The molecule has 0 bridgehead atoms. The van der Waals surface area contributed by atoms with Crippen LogP contribution in [0.1, 0.15) is 19.3 Å². The predicted molar refractivity (Wildman–Crippen MR) is 43.3 cm³/mol. The van der Waals surface area contributed by atoms with E-state index >= 15 is 0 Å². The topological polar surface area (TPSA) is 50.9 Å². The molecule has 0 aromatic rings. The van der Waals surface area contributed by atoms with Gasteiger partial charge < -0.3 is 4.90 Å². The van der Waals surface area contributed by atoms with Crippen LogP contribution in [0.5, 0.6) is 0 Å². The number of nitriles is 1. The SMILES string of the molecule is N#CC1CCCN(C=N)CC1. The summed E-state index contributed by atoms with van der Waals surface area (Å²) in [5, 5.41) is 15.7. The van der Waals surface area contributed by atoms with Gasteiger partial charge in [-0.15, -0.1) is 0 Å². The van der Waals surface area contributed by atoms with Gasteiger partial charge in [-0.25, -0.2) is 0 Å². The third-order valence-corrected chi connectivity index (χ3v) is 2.13. The summed E-state index contributed by atoms with van der Waals surface area (Å²) in [6, 6.07) is 2.29. The van der Waals surface area contributed by atoms with Gasteiger partial charge in [-0.2, -0.15) is 5.26 Å². The van der Waals surface area contributed by atoms with Gasteiger partial charge in [-0.05, 0) is 19.3 Å². The molecule has 60 valence electrons. The number of hydrogen-bond acceptors (Lipinski definition) is 2. The van der Waals surface area contributed by atoms with E-state index in [1.165, 1.54) is 6.34 Å². The molecule has 0 aromatic heterocycles. The monoisotopic (exact) mass is 151 g/mol. The second kappa shape index (κ2) is 3.97. The van der Waals surface area contributed by atoms with E-state index in [-0.39, 0.29) is 5.92 Å². The van der Waals surface area contributed by atoms with Crippen LogP contribution >= 0.6 is 0 Å². The maximum Gasteiger partial charge on any atom is 0.0817 e. The molecule has 1 rings (SSSR count). The molecule has 1 atom stereocenters. The molecule has 1 saturated heterocycles. The summed E-state index contributed by atoms with van der Waals surface area (Å²) < 4.78 is 0. The lowest BCUT2D eigenvalue weighted by Crippen LogP contribution is -2.22. The van der Waals surface area contributed by atoms with Crippen LogP contribution in [0.4, 0.5) is 0 Å². The summed E-state index contributed by atoms with van der Waals surface area (Å²) in [4.78, 5) is 1.97. The Morgan fingerprint density at radius 1 is 1.45 bits per heavy atom. The summed E-state index contributed by atoms with van der Waals surface area (Å²) >= 11 is 0. The van der Waals surface area contributed by atoms with Gasteiger partial charge in [0.1, 0.15) is 0 Å². The fraction of sp³-hybridized carbons (Fsp3) is 0.750. The van der Waals surface area contributed by atoms with Gasteiger partial charge in [0, 0.05) is 19.0 Å². The van der Waals surface area contributed by atoms with Crippen LogP contribution in [-0.4, -0.2) is 24.3 Å². The van der Waals surface area contributed by atoms with E-state index in [9.17, 15) is 0 Å². The molecule has 0 aromatic carbocycles. The molecule has 1 heterocycles. The van der Waals surface area contributed by atoms with Crippen LogP contribution in [0.15, 0.2) is 0 Å². The zero-order chi connectivity index (χ0) is 8.10. The summed E-state index contributed by atoms with van der Waals surface area (Å²) in [7, 11) is 0. The average Bonchev–Trinajstić information content (AvgIpc) is 2.28. The van der Waals surface area contributed by atoms with Crippen molar-refractivity contribution >= 4 is 6.34 Å². The fourth-order valence-corrected chi connectivity index (χ4v) is 1.38. The van der Waals surface area contributed by atoms with E-state index < -0.39 is 0 Å². The Labute approximate surface area is 67.1 Å². The highest BCUT2D eigenvalue weighted by molar-refractivity contribution is 5.50. The second-order valence-electron chi connectivity index (χ2n) is 2.92. The lowest BCUT2D eigenvalue weighted by molar-refractivity contribution is 0.441. The highest BCUT2D eigenvalue weighted by Crippen LogP contribution is 2.14. The lowest BCUT2D eigenvalue weighted by Gasteiger charge is -2.14. The van der Waals surface area contributed by atoms with Crippen molar-refractivity contribution in [2.75, 3.05) is 13.1 Å². The molecule has 1 fully saturated rings. The number of nitrogens with one attached hydrogen (secondary N) is 1. The third kappa shape index (κ3) is 2.23. The maximum atomic E-state index is 8.65. The minimum absolute atomic E-state index is 0.222. The normalized spacial score (nSPS) is 25.4. The van der Waals surface area contributed by atoms with Crippen molar-refractivity contribution in [3.8, 4) is 6.07 Å². The molecular weight excluding hydrogens is 138 g/mol. The number of hydrogen-bond donors (Lipinski definition) is 1. The Kier molecular flexibility index (Phi) is 2.91. The molecule has 1 unspecified atom stereocenters. The van der Waals surface area contributed by atoms with Crippen molar-refractivity contribution in [1.29, 1.82) is 10.7 Å². The largest absolute Gasteiger partial charge is 0.363 e. The molecule has 1 aliphatic rings. The zero-order valence-corrected chi connectivity index (χ0v) is 6.58. The Balaban J connectivity index is 2.40. The average molecular weight is 151 g/mol. The van der Waals surface area contributed by atoms with Crippen molar-refractivity contribution in [2.24, 2.45) is 5.92 Å². The van der Waals surface area contributed by atoms with Crippen molar-refractivity contribution in [3.05, 3.63) is 0 Å². The van der Waals surface area contributed by atoms with E-state index in [4.69, 9.17) is 10.7 Å². The molecule has 1 N–H and O–H groups in total. The Morgan fingerprint density at radius 3 is 2.91 bits per heavy atom. The highest BCUT2D eigenvalue weighted by atomic mass is 15.1. The highest BCUT2D eigenvalue weighted by Gasteiger charge is 2.13. The summed E-state index contributed by atoms with van der Waals surface area (Å²) in [5.74, 6) is 0.222. The first kappa shape index (κ1) is 8.06. The summed E-state index contributed by atoms with van der Waals surface area (Å²) in [5.41, 5.74) is 0. The first-order valence-corrected chi connectivity index (χ1v) is 4.01. The minimum Gasteiger partial charge on any atom is -0.363 e. The minimum atomic E-state index is 0.222. The number of likely N-dealkylation sites (tertiary alicyclic amines) is 1. The molecule has 0 radical (unpaired) electrons. The van der Waals surface area contributed by atoms with Gasteiger partial charge in [-0.1, -0.05) is 0 Å². The Hall–Kier alpha value is -1.04. The van der Waals surface area contributed by atoms with Crippen molar-refractivity contribution in [3.63, 3.8) is 0 Å². The molecule has 1 aliphatic heterocycles. The number of nitrogens with zero attached hydrogens (tertiary/aromatic N) is 2. The van der Waals surface area contributed by atoms with Crippen LogP contribution in [0.25, 0.3) is 0 Å². The predicted octanol–water partition coefficient (Wildman–Crippen LogP) is 1.22. The first-order valence-electron chi connectivity index (χ1n) is 4.01. The smallest absolute Gasteiger partial charge is 0.0817 e. The Morgan fingerprint density at radius 2 is 2.27 bits per heavy atom. The van der Waals surface area contributed by atoms with Crippen LogP contribution in [-0.2, 0) is 0 Å². The molecule has 3 nitrogen and oxygen atoms in total. The van der Waals surface area contributed by atoms with Crippen molar-refractivity contribution < 1.29 is 0 Å². The maximum absolute atomic E-state index is 8.65. The van der Waals surface area contributed by atoms with Gasteiger partial charge in [0.2, 0.25) is 0 Å². The molecule has 0 spiro atoms. The first-order chi connectivity index (χ1) is 5.36. The van der Waals surface area contributed by atoms with Gasteiger partial charge in [0.05, 0.1) is 12.4 Å². The molecule has 0 amide bonds. The van der Waals surface area contributed by atoms with Crippen LogP contribution in [0, 0.1) is 22.7 Å². The number of rotatable bonds is 1. The summed E-state index contributed by atoms with van der Waals surface area (Å²) in [6.45, 7) is 1.82. The van der Waals surface area contributed by atoms with Crippen LogP contribution < -0.4 is 0 Å². The molecule has 3 heteroatoms. The lowest BCUT2D eigenvalue weighted by atomic mass is 10.0. The molecule has 0 aliphatic carbocycles. The fourth-order valence-electron chi connectivity index (χ4n) is 1.38. The van der Waals surface area contributed by atoms with E-state index in [0.29, 0.717) is 0 Å². The van der Waals surface area contributed by atoms with E-state index in [0.717, 1.165) is 32.4 Å².